The number of amides is 1. The van der Waals surface area contributed by atoms with Crippen LogP contribution in [0.4, 0.5) is 10.1 Å². The number of carbonyl (C=O) groups is 3. The van der Waals surface area contributed by atoms with Crippen LogP contribution in [-0.2, 0) is 33.7 Å². The van der Waals surface area contributed by atoms with Crippen LogP contribution in [0.3, 0.4) is 0 Å². The molecule has 0 N–H and O–H groups in total. The van der Waals surface area contributed by atoms with Crippen molar-refractivity contribution in [2.75, 3.05) is 50.8 Å². The van der Waals surface area contributed by atoms with Crippen molar-refractivity contribution in [2.45, 2.75) is 36.5 Å². The van der Waals surface area contributed by atoms with Gasteiger partial charge in [-0.05, 0) is 51.4 Å². The number of carbonyl (C=O) groups excluding carboxylic acids is 3. The molecule has 13 heteroatoms. The SMILES string of the molecule is CC1(C)C(=O)N(CCCCN2CCN(c3csc4cc(F)ccc34)CC2)C2(COC(=O)/C=C\C(=O)O2)S1(=O)=O. The highest BCUT2D eigenvalue weighted by Crippen LogP contribution is 2.44. The molecule has 3 aliphatic rings. The maximum Gasteiger partial charge on any atom is 0.334 e. The molecule has 0 saturated carbocycles. The number of halogens is 1. The third-order valence-electron chi connectivity index (χ3n) is 7.61. The van der Waals surface area contributed by atoms with E-state index in [-0.39, 0.29) is 12.4 Å². The lowest BCUT2D eigenvalue weighted by molar-refractivity contribution is -0.178. The topological polar surface area (TPSA) is 114 Å². The van der Waals surface area contributed by atoms with Crippen LogP contribution < -0.4 is 4.90 Å². The average molecular weight is 580 g/mol. The zero-order chi connectivity index (χ0) is 28.0. The Bertz CT molecular complexity index is 1450. The number of thiophene rings is 1. The number of nitrogens with zero attached hydrogens (tertiary/aromatic N) is 3. The van der Waals surface area contributed by atoms with Crippen LogP contribution in [0.1, 0.15) is 26.7 Å². The number of sulfone groups is 1. The van der Waals surface area contributed by atoms with Gasteiger partial charge >= 0.3 is 17.0 Å². The highest BCUT2D eigenvalue weighted by atomic mass is 32.2. The van der Waals surface area contributed by atoms with Gasteiger partial charge in [-0.15, -0.1) is 11.3 Å². The van der Waals surface area contributed by atoms with Crippen molar-refractivity contribution < 1.29 is 36.7 Å². The molecule has 0 radical (unpaired) electrons. The molecule has 1 spiro atoms. The Morgan fingerprint density at radius 2 is 1.69 bits per heavy atom. The first-order chi connectivity index (χ1) is 18.5. The highest BCUT2D eigenvalue weighted by Gasteiger charge is 2.71. The van der Waals surface area contributed by atoms with Crippen molar-refractivity contribution in [3.05, 3.63) is 41.5 Å². The van der Waals surface area contributed by atoms with E-state index in [4.69, 9.17) is 9.47 Å². The number of unbranched alkanes of at least 4 members (excludes halogenated alkanes) is 1. The standard InChI is InChI=1S/C26H30FN3O7S2/c1-25(2)24(33)30(26(39(25,34)35)17-36-22(31)7-8-23(32)37-26)10-4-3-9-28-11-13-29(14-12-28)20-16-38-21-15-18(27)5-6-19(20)21/h5-8,15-16H,3-4,9-14,17H2,1-2H3/b8-7-. The maximum absolute atomic E-state index is 13.5. The van der Waals surface area contributed by atoms with Gasteiger partial charge in [0.05, 0.1) is 5.69 Å². The number of hydrogen-bond acceptors (Lipinski definition) is 10. The zero-order valence-electron chi connectivity index (χ0n) is 21.7. The molecule has 2 aromatic rings. The Balaban J connectivity index is 1.20. The van der Waals surface area contributed by atoms with Gasteiger partial charge in [0, 0.05) is 60.3 Å². The first kappa shape index (κ1) is 27.5. The molecule has 1 aromatic heterocycles. The Labute approximate surface area is 229 Å². The van der Waals surface area contributed by atoms with E-state index in [0.717, 1.165) is 65.5 Å². The summed E-state index contributed by atoms with van der Waals surface area (Å²) >= 11 is 1.53. The quantitative estimate of drug-likeness (QED) is 0.376. The van der Waals surface area contributed by atoms with Crippen LogP contribution >= 0.6 is 11.3 Å². The minimum absolute atomic E-state index is 0.0213. The second kappa shape index (κ2) is 10.2. The summed E-state index contributed by atoms with van der Waals surface area (Å²) in [6, 6.07) is 4.86. The van der Waals surface area contributed by atoms with Gasteiger partial charge in [-0.2, -0.15) is 0 Å². The minimum Gasteiger partial charge on any atom is -0.455 e. The molecule has 0 aliphatic carbocycles. The fourth-order valence-corrected chi connectivity index (χ4v) is 8.30. The molecule has 3 aliphatic heterocycles. The number of anilines is 1. The van der Waals surface area contributed by atoms with Crippen molar-refractivity contribution >= 4 is 54.8 Å². The number of rotatable bonds is 6. The second-order valence-corrected chi connectivity index (χ2v) is 13.9. The van der Waals surface area contributed by atoms with E-state index < -0.39 is 44.1 Å². The lowest BCUT2D eigenvalue weighted by Crippen LogP contribution is -2.57. The molecule has 210 valence electrons. The molecule has 1 unspecified atom stereocenters. The van der Waals surface area contributed by atoms with E-state index in [1.807, 2.05) is 6.07 Å². The molecular weight excluding hydrogens is 549 g/mol. The molecule has 1 amide bonds. The Morgan fingerprint density at radius 3 is 2.44 bits per heavy atom. The van der Waals surface area contributed by atoms with Crippen LogP contribution in [-0.4, -0.2) is 91.7 Å². The monoisotopic (exact) mass is 579 g/mol. The van der Waals surface area contributed by atoms with Gasteiger partial charge in [-0.1, -0.05) is 0 Å². The van der Waals surface area contributed by atoms with Gasteiger partial charge in [-0.25, -0.2) is 22.4 Å². The average Bonchev–Trinajstić information content (AvgIpc) is 3.35. The van der Waals surface area contributed by atoms with Gasteiger partial charge in [-0.3, -0.25) is 14.6 Å². The summed E-state index contributed by atoms with van der Waals surface area (Å²) in [5.41, 5.74) is 1.11. The van der Waals surface area contributed by atoms with Gasteiger partial charge in [0.15, 0.2) is 11.4 Å². The Hall–Kier alpha value is -3.03. The van der Waals surface area contributed by atoms with Crippen LogP contribution in [0, 0.1) is 5.82 Å². The first-order valence-electron chi connectivity index (χ1n) is 12.7. The summed E-state index contributed by atoms with van der Waals surface area (Å²) in [5, 5.41) is 0.712. The van der Waals surface area contributed by atoms with Crippen LogP contribution in [0.15, 0.2) is 35.7 Å². The smallest absolute Gasteiger partial charge is 0.334 e. The zero-order valence-corrected chi connectivity index (χ0v) is 23.4. The van der Waals surface area contributed by atoms with Gasteiger partial charge in [0.25, 0.3) is 0 Å². The number of benzene rings is 1. The summed E-state index contributed by atoms with van der Waals surface area (Å²) < 4.78 is 49.9. The van der Waals surface area contributed by atoms with E-state index in [9.17, 15) is 27.2 Å². The molecule has 5 rings (SSSR count). The Kier molecular flexibility index (Phi) is 7.18. The fourth-order valence-electron chi connectivity index (χ4n) is 5.29. The fraction of sp³-hybridized carbons (Fsp3) is 0.500. The van der Waals surface area contributed by atoms with Crippen LogP contribution in [0.2, 0.25) is 0 Å². The highest BCUT2D eigenvalue weighted by molar-refractivity contribution is 7.95. The minimum atomic E-state index is -4.40. The molecular formula is C26H30FN3O7S2. The largest absolute Gasteiger partial charge is 0.455 e. The third-order valence-corrected chi connectivity index (χ3v) is 11.3. The predicted octanol–water partition coefficient (Wildman–Crippen LogP) is 2.29. The van der Waals surface area contributed by atoms with E-state index in [0.29, 0.717) is 12.8 Å². The molecule has 10 nitrogen and oxygen atoms in total. The number of piperazine rings is 1. The van der Waals surface area contributed by atoms with Gasteiger partial charge in [0.1, 0.15) is 5.82 Å². The number of ether oxygens (including phenoxy) is 2. The van der Waals surface area contributed by atoms with Crippen molar-refractivity contribution in [1.29, 1.82) is 0 Å². The first-order valence-corrected chi connectivity index (χ1v) is 15.1. The van der Waals surface area contributed by atoms with Gasteiger partial charge in [0.2, 0.25) is 15.7 Å². The van der Waals surface area contributed by atoms with Crippen molar-refractivity contribution in [2.24, 2.45) is 0 Å². The lowest BCUT2D eigenvalue weighted by atomic mass is 10.1. The molecule has 4 heterocycles. The number of esters is 2. The number of fused-ring (bicyclic) bond motifs is 1. The van der Waals surface area contributed by atoms with Crippen molar-refractivity contribution in [1.82, 2.24) is 9.80 Å². The molecule has 2 fully saturated rings. The molecule has 2 saturated heterocycles. The van der Waals surface area contributed by atoms with Crippen LogP contribution in [0.5, 0.6) is 0 Å². The summed E-state index contributed by atoms with van der Waals surface area (Å²) in [7, 11) is -4.40. The maximum atomic E-state index is 13.5. The van der Waals surface area contributed by atoms with E-state index >= 15 is 0 Å². The van der Waals surface area contributed by atoms with E-state index in [1.54, 1.807) is 6.07 Å². The summed E-state index contributed by atoms with van der Waals surface area (Å²) in [6.45, 7) is 5.80. The molecule has 1 aromatic carbocycles. The van der Waals surface area contributed by atoms with Crippen molar-refractivity contribution in [3.63, 3.8) is 0 Å². The molecule has 39 heavy (non-hydrogen) atoms. The summed E-state index contributed by atoms with van der Waals surface area (Å²) in [6.07, 6.45) is 2.79. The van der Waals surface area contributed by atoms with Crippen molar-refractivity contribution in [3.8, 4) is 0 Å². The summed E-state index contributed by atoms with van der Waals surface area (Å²) in [5.74, 6) is -2.87. The second-order valence-electron chi connectivity index (χ2n) is 10.3. The van der Waals surface area contributed by atoms with E-state index in [1.165, 1.54) is 31.3 Å². The third kappa shape index (κ3) is 4.70. The number of cyclic esters (lactones) is 1. The number of hydrogen-bond donors (Lipinski definition) is 0. The van der Waals surface area contributed by atoms with Crippen LogP contribution in [0.25, 0.3) is 10.1 Å². The predicted molar refractivity (Wildman–Crippen MR) is 143 cm³/mol. The Morgan fingerprint density at radius 1 is 1.00 bits per heavy atom. The molecule has 0 bridgehead atoms. The summed E-state index contributed by atoms with van der Waals surface area (Å²) in [4.78, 5) is 43.0. The molecule has 1 atom stereocenters. The normalized spacial score (nSPS) is 26.0. The lowest BCUT2D eigenvalue weighted by Gasteiger charge is -2.37. The van der Waals surface area contributed by atoms with Gasteiger partial charge < -0.3 is 14.4 Å². The van der Waals surface area contributed by atoms with E-state index in [2.05, 4.69) is 15.2 Å².